The second-order valence-corrected chi connectivity index (χ2v) is 6.91. The molecule has 1 aromatic heterocycles. The minimum absolute atomic E-state index is 0.148. The quantitative estimate of drug-likeness (QED) is 0.738. The SMILES string of the molecule is CC(Cl)c1nc2cc(F)ccc2n1C(C1CC1)C1CC1. The third-order valence-corrected chi connectivity index (χ3v) is 4.74. The van der Waals surface area contributed by atoms with E-state index in [1.807, 2.05) is 13.0 Å². The van der Waals surface area contributed by atoms with Crippen LogP contribution in [0.5, 0.6) is 0 Å². The molecule has 1 heterocycles. The molecule has 0 amide bonds. The lowest BCUT2D eigenvalue weighted by Gasteiger charge is -2.22. The molecule has 0 bridgehead atoms. The van der Waals surface area contributed by atoms with E-state index < -0.39 is 0 Å². The van der Waals surface area contributed by atoms with Gasteiger partial charge in [-0.25, -0.2) is 9.37 Å². The van der Waals surface area contributed by atoms with Crippen LogP contribution < -0.4 is 0 Å². The van der Waals surface area contributed by atoms with Crippen molar-refractivity contribution in [2.45, 2.75) is 44.0 Å². The molecule has 0 N–H and O–H groups in total. The fourth-order valence-electron chi connectivity index (χ4n) is 3.37. The van der Waals surface area contributed by atoms with E-state index >= 15 is 0 Å². The predicted octanol–water partition coefficient (Wildman–Crippen LogP) is 4.84. The standard InChI is InChI=1S/C16H18ClFN2/c1-9(17)16-19-13-8-12(18)6-7-14(13)20(16)15(10-2-3-10)11-4-5-11/h6-11,15H,2-5H2,1H3. The Bertz CT molecular complexity index is 644. The summed E-state index contributed by atoms with van der Waals surface area (Å²) in [5.41, 5.74) is 1.77. The average Bonchev–Trinajstić information content (AvgIpc) is 3.28. The number of halogens is 2. The highest BCUT2D eigenvalue weighted by molar-refractivity contribution is 6.20. The van der Waals surface area contributed by atoms with Crippen molar-refractivity contribution in [2.75, 3.05) is 0 Å². The summed E-state index contributed by atoms with van der Waals surface area (Å²) in [4.78, 5) is 4.61. The van der Waals surface area contributed by atoms with Crippen molar-refractivity contribution in [1.82, 2.24) is 9.55 Å². The van der Waals surface area contributed by atoms with Crippen LogP contribution in [-0.4, -0.2) is 9.55 Å². The maximum absolute atomic E-state index is 13.4. The first-order chi connectivity index (χ1) is 9.65. The highest BCUT2D eigenvalue weighted by Crippen LogP contribution is 2.53. The molecule has 106 valence electrons. The maximum Gasteiger partial charge on any atom is 0.127 e. The summed E-state index contributed by atoms with van der Waals surface area (Å²) in [6, 6.07) is 5.42. The number of fused-ring (bicyclic) bond motifs is 1. The topological polar surface area (TPSA) is 17.8 Å². The molecule has 0 saturated heterocycles. The number of hydrogen-bond acceptors (Lipinski definition) is 1. The van der Waals surface area contributed by atoms with Gasteiger partial charge in [0.2, 0.25) is 0 Å². The molecule has 2 aliphatic carbocycles. The summed E-state index contributed by atoms with van der Waals surface area (Å²) < 4.78 is 15.8. The monoisotopic (exact) mass is 292 g/mol. The molecule has 1 unspecified atom stereocenters. The second-order valence-electron chi connectivity index (χ2n) is 6.25. The number of hydrogen-bond donors (Lipinski definition) is 0. The second kappa shape index (κ2) is 4.45. The van der Waals surface area contributed by atoms with E-state index in [9.17, 15) is 4.39 Å². The van der Waals surface area contributed by atoms with Gasteiger partial charge < -0.3 is 4.57 Å². The van der Waals surface area contributed by atoms with E-state index in [-0.39, 0.29) is 11.2 Å². The van der Waals surface area contributed by atoms with Crippen molar-refractivity contribution in [2.24, 2.45) is 11.8 Å². The van der Waals surface area contributed by atoms with Crippen LogP contribution in [0.3, 0.4) is 0 Å². The van der Waals surface area contributed by atoms with Crippen LogP contribution in [0.15, 0.2) is 18.2 Å². The number of aromatic nitrogens is 2. The third kappa shape index (κ3) is 2.03. The minimum Gasteiger partial charge on any atom is -0.323 e. The van der Waals surface area contributed by atoms with E-state index in [2.05, 4.69) is 9.55 Å². The summed E-state index contributed by atoms with van der Waals surface area (Å²) in [5, 5.41) is -0.148. The molecule has 2 nitrogen and oxygen atoms in total. The van der Waals surface area contributed by atoms with Gasteiger partial charge in [0, 0.05) is 12.1 Å². The Hall–Kier alpha value is -1.09. The highest BCUT2D eigenvalue weighted by Gasteiger charge is 2.44. The minimum atomic E-state index is -0.231. The van der Waals surface area contributed by atoms with E-state index in [0.29, 0.717) is 6.04 Å². The van der Waals surface area contributed by atoms with Crippen molar-refractivity contribution >= 4 is 22.6 Å². The summed E-state index contributed by atoms with van der Waals surface area (Å²) >= 11 is 6.34. The summed E-state index contributed by atoms with van der Waals surface area (Å²) in [6.07, 6.45) is 5.21. The van der Waals surface area contributed by atoms with Crippen molar-refractivity contribution < 1.29 is 4.39 Å². The Kier molecular flexibility index (Phi) is 2.81. The van der Waals surface area contributed by atoms with Crippen molar-refractivity contribution in [3.05, 3.63) is 29.8 Å². The fourth-order valence-corrected chi connectivity index (χ4v) is 3.52. The van der Waals surface area contributed by atoms with Crippen molar-refractivity contribution in [1.29, 1.82) is 0 Å². The first-order valence-corrected chi connectivity index (χ1v) is 7.90. The van der Waals surface area contributed by atoms with Gasteiger partial charge in [0.05, 0.1) is 16.4 Å². The molecule has 0 radical (unpaired) electrons. The first kappa shape index (κ1) is 12.6. The zero-order valence-electron chi connectivity index (χ0n) is 11.5. The van der Waals surface area contributed by atoms with Gasteiger partial charge >= 0.3 is 0 Å². The van der Waals surface area contributed by atoms with Crippen LogP contribution in [0, 0.1) is 17.7 Å². The van der Waals surface area contributed by atoms with E-state index in [0.717, 1.165) is 28.7 Å². The smallest absolute Gasteiger partial charge is 0.127 e. The number of nitrogens with zero attached hydrogens (tertiary/aromatic N) is 2. The Morgan fingerprint density at radius 3 is 2.45 bits per heavy atom. The maximum atomic E-state index is 13.4. The molecule has 1 aromatic carbocycles. The Morgan fingerprint density at radius 1 is 1.25 bits per heavy atom. The Balaban J connectivity index is 1.92. The van der Waals surface area contributed by atoms with E-state index in [1.54, 1.807) is 0 Å². The first-order valence-electron chi connectivity index (χ1n) is 7.46. The zero-order chi connectivity index (χ0) is 13.9. The van der Waals surface area contributed by atoms with Crippen molar-refractivity contribution in [3.8, 4) is 0 Å². The molecule has 4 rings (SSSR count). The molecule has 2 aromatic rings. The van der Waals surface area contributed by atoms with Gasteiger partial charge in [0.15, 0.2) is 0 Å². The fraction of sp³-hybridized carbons (Fsp3) is 0.562. The zero-order valence-corrected chi connectivity index (χ0v) is 12.3. The van der Waals surface area contributed by atoms with Crippen LogP contribution in [-0.2, 0) is 0 Å². The van der Waals surface area contributed by atoms with Crippen LogP contribution in [0.25, 0.3) is 11.0 Å². The van der Waals surface area contributed by atoms with Crippen LogP contribution >= 0.6 is 11.6 Å². The lowest BCUT2D eigenvalue weighted by atomic mass is 10.1. The molecule has 1 atom stereocenters. The van der Waals surface area contributed by atoms with Gasteiger partial charge in [0.25, 0.3) is 0 Å². The number of benzene rings is 1. The molecular formula is C16H18ClFN2. The van der Waals surface area contributed by atoms with E-state index in [4.69, 9.17) is 11.6 Å². The molecule has 4 heteroatoms. The van der Waals surface area contributed by atoms with E-state index in [1.165, 1.54) is 37.8 Å². The lowest BCUT2D eigenvalue weighted by molar-refractivity contribution is 0.392. The lowest BCUT2D eigenvalue weighted by Crippen LogP contribution is -2.16. The van der Waals surface area contributed by atoms with Gasteiger partial charge in [-0.05, 0) is 56.6 Å². The predicted molar refractivity (Wildman–Crippen MR) is 78.4 cm³/mol. The highest BCUT2D eigenvalue weighted by atomic mass is 35.5. The number of alkyl halides is 1. The van der Waals surface area contributed by atoms with Gasteiger partial charge in [0.1, 0.15) is 11.6 Å². The Morgan fingerprint density at radius 2 is 1.90 bits per heavy atom. The average molecular weight is 293 g/mol. The molecule has 0 spiro atoms. The molecule has 2 saturated carbocycles. The molecular weight excluding hydrogens is 275 g/mol. The van der Waals surface area contributed by atoms with Crippen molar-refractivity contribution in [3.63, 3.8) is 0 Å². The number of imidazole rings is 1. The normalized spacial score (nSPS) is 20.8. The van der Waals surface area contributed by atoms with Crippen LogP contribution in [0.2, 0.25) is 0 Å². The largest absolute Gasteiger partial charge is 0.323 e. The Labute approximate surface area is 122 Å². The van der Waals surface area contributed by atoms with Gasteiger partial charge in [-0.15, -0.1) is 11.6 Å². The van der Waals surface area contributed by atoms with Crippen LogP contribution in [0.4, 0.5) is 4.39 Å². The summed E-state index contributed by atoms with van der Waals surface area (Å²) in [6.45, 7) is 1.95. The van der Waals surface area contributed by atoms with Gasteiger partial charge in [-0.1, -0.05) is 0 Å². The van der Waals surface area contributed by atoms with Gasteiger partial charge in [-0.3, -0.25) is 0 Å². The molecule has 20 heavy (non-hydrogen) atoms. The molecule has 0 aliphatic heterocycles. The third-order valence-electron chi connectivity index (χ3n) is 4.54. The molecule has 2 fully saturated rings. The number of rotatable bonds is 4. The van der Waals surface area contributed by atoms with Crippen LogP contribution in [0.1, 0.15) is 49.9 Å². The summed E-state index contributed by atoms with van der Waals surface area (Å²) in [7, 11) is 0. The molecule has 2 aliphatic rings. The summed E-state index contributed by atoms with van der Waals surface area (Å²) in [5.74, 6) is 2.19. The van der Waals surface area contributed by atoms with Gasteiger partial charge in [-0.2, -0.15) is 0 Å².